The standard InChI is InChI=1S/C21H34N2O4/c24-19(25)12-7-15-4-3-13-23(14-15)21(27)17-8-10-18(11-9-17)22-20(26)16-5-1-2-6-16/h15-18H,1-14H2,(H,22,26)(H,24,25). The van der Waals surface area contributed by atoms with Crippen LogP contribution in [0.3, 0.4) is 0 Å². The van der Waals surface area contributed by atoms with Crippen LogP contribution in [0.5, 0.6) is 0 Å². The van der Waals surface area contributed by atoms with Gasteiger partial charge in [0.15, 0.2) is 0 Å². The van der Waals surface area contributed by atoms with Crippen molar-refractivity contribution in [2.45, 2.75) is 83.1 Å². The van der Waals surface area contributed by atoms with E-state index < -0.39 is 5.97 Å². The van der Waals surface area contributed by atoms with Crippen LogP contribution in [0.2, 0.25) is 0 Å². The SMILES string of the molecule is O=C(O)CCC1CCCN(C(=O)C2CCC(NC(=O)C3CCCC3)CC2)C1. The van der Waals surface area contributed by atoms with Crippen LogP contribution in [-0.4, -0.2) is 46.9 Å². The Morgan fingerprint density at radius 2 is 1.59 bits per heavy atom. The van der Waals surface area contributed by atoms with Crippen molar-refractivity contribution < 1.29 is 19.5 Å². The first-order valence-electron chi connectivity index (χ1n) is 10.8. The fourth-order valence-corrected chi connectivity index (χ4v) is 5.08. The van der Waals surface area contributed by atoms with E-state index >= 15 is 0 Å². The number of likely N-dealkylation sites (tertiary alicyclic amines) is 1. The van der Waals surface area contributed by atoms with Gasteiger partial charge in [-0.3, -0.25) is 14.4 Å². The van der Waals surface area contributed by atoms with Crippen LogP contribution in [0.25, 0.3) is 0 Å². The van der Waals surface area contributed by atoms with Crippen molar-refractivity contribution in [2.24, 2.45) is 17.8 Å². The lowest BCUT2D eigenvalue weighted by Gasteiger charge is -2.37. The quantitative estimate of drug-likeness (QED) is 0.744. The van der Waals surface area contributed by atoms with Crippen molar-refractivity contribution in [1.29, 1.82) is 0 Å². The van der Waals surface area contributed by atoms with Gasteiger partial charge < -0.3 is 15.3 Å². The molecule has 3 aliphatic rings. The highest BCUT2D eigenvalue weighted by Gasteiger charge is 2.33. The van der Waals surface area contributed by atoms with Crippen LogP contribution in [0, 0.1) is 17.8 Å². The predicted octanol–water partition coefficient (Wildman–Crippen LogP) is 2.96. The lowest BCUT2D eigenvalue weighted by atomic mass is 9.84. The maximum Gasteiger partial charge on any atom is 0.303 e. The van der Waals surface area contributed by atoms with Gasteiger partial charge in [0.1, 0.15) is 0 Å². The molecule has 3 fully saturated rings. The number of rotatable bonds is 6. The van der Waals surface area contributed by atoms with E-state index in [1.54, 1.807) is 0 Å². The van der Waals surface area contributed by atoms with E-state index in [4.69, 9.17) is 5.11 Å². The highest BCUT2D eigenvalue weighted by atomic mass is 16.4. The second kappa shape index (κ2) is 9.56. The van der Waals surface area contributed by atoms with E-state index in [1.807, 2.05) is 4.90 Å². The smallest absolute Gasteiger partial charge is 0.303 e. The topological polar surface area (TPSA) is 86.7 Å². The number of amides is 2. The second-order valence-electron chi connectivity index (χ2n) is 8.76. The molecular weight excluding hydrogens is 344 g/mol. The first-order chi connectivity index (χ1) is 13.0. The molecule has 1 heterocycles. The first kappa shape index (κ1) is 20.2. The molecule has 2 aliphatic carbocycles. The Bertz CT molecular complexity index is 536. The molecule has 0 aromatic carbocycles. The van der Waals surface area contributed by atoms with Gasteiger partial charge >= 0.3 is 5.97 Å². The molecule has 152 valence electrons. The first-order valence-corrected chi connectivity index (χ1v) is 10.8. The predicted molar refractivity (Wildman–Crippen MR) is 102 cm³/mol. The van der Waals surface area contributed by atoms with Crippen LogP contribution in [-0.2, 0) is 14.4 Å². The number of carbonyl (C=O) groups excluding carboxylic acids is 2. The molecule has 2 amide bonds. The lowest BCUT2D eigenvalue weighted by molar-refractivity contribution is -0.138. The van der Waals surface area contributed by atoms with Crippen LogP contribution >= 0.6 is 0 Å². The Labute approximate surface area is 162 Å². The molecule has 3 rings (SSSR count). The molecule has 6 heteroatoms. The van der Waals surface area contributed by atoms with E-state index in [1.165, 1.54) is 12.8 Å². The molecule has 1 unspecified atom stereocenters. The second-order valence-corrected chi connectivity index (χ2v) is 8.76. The summed E-state index contributed by atoms with van der Waals surface area (Å²) in [6.07, 6.45) is 10.7. The largest absolute Gasteiger partial charge is 0.481 e. The Morgan fingerprint density at radius 3 is 2.26 bits per heavy atom. The van der Waals surface area contributed by atoms with Gasteiger partial charge in [0.05, 0.1) is 0 Å². The zero-order valence-corrected chi connectivity index (χ0v) is 16.3. The zero-order valence-electron chi connectivity index (χ0n) is 16.3. The lowest BCUT2D eigenvalue weighted by Crippen LogP contribution is -2.46. The molecule has 1 aliphatic heterocycles. The summed E-state index contributed by atoms with van der Waals surface area (Å²) in [5.74, 6) is 0.315. The van der Waals surface area contributed by atoms with Crippen LogP contribution in [0.4, 0.5) is 0 Å². The third-order valence-electron chi connectivity index (χ3n) is 6.75. The number of carbonyl (C=O) groups is 3. The van der Waals surface area contributed by atoms with Crippen molar-refractivity contribution in [3.05, 3.63) is 0 Å². The van der Waals surface area contributed by atoms with Crippen molar-refractivity contribution in [3.8, 4) is 0 Å². The third-order valence-corrected chi connectivity index (χ3v) is 6.75. The molecule has 0 aromatic heterocycles. The van der Waals surface area contributed by atoms with E-state index in [2.05, 4.69) is 5.32 Å². The van der Waals surface area contributed by atoms with Gasteiger partial charge in [-0.2, -0.15) is 0 Å². The average Bonchev–Trinajstić information content (AvgIpc) is 3.22. The van der Waals surface area contributed by atoms with Crippen LogP contribution in [0.1, 0.15) is 77.0 Å². The molecule has 0 bridgehead atoms. The van der Waals surface area contributed by atoms with Crippen molar-refractivity contribution in [1.82, 2.24) is 10.2 Å². The molecule has 27 heavy (non-hydrogen) atoms. The number of aliphatic carboxylic acids is 1. The van der Waals surface area contributed by atoms with Gasteiger partial charge in [-0.25, -0.2) is 0 Å². The monoisotopic (exact) mass is 378 g/mol. The Balaban J connectivity index is 1.41. The summed E-state index contributed by atoms with van der Waals surface area (Å²) in [5, 5.41) is 12.1. The zero-order chi connectivity index (χ0) is 19.2. The molecule has 2 N–H and O–H groups in total. The number of hydrogen-bond donors (Lipinski definition) is 2. The fraction of sp³-hybridized carbons (Fsp3) is 0.857. The summed E-state index contributed by atoms with van der Waals surface area (Å²) in [6, 6.07) is 0.229. The van der Waals surface area contributed by atoms with Gasteiger partial charge in [0, 0.05) is 37.4 Å². The van der Waals surface area contributed by atoms with E-state index in [0.29, 0.717) is 18.9 Å². The molecule has 0 aromatic rings. The third kappa shape index (κ3) is 5.69. The molecule has 0 radical (unpaired) electrons. The maximum atomic E-state index is 12.9. The fourth-order valence-electron chi connectivity index (χ4n) is 5.08. The summed E-state index contributed by atoms with van der Waals surface area (Å²) in [4.78, 5) is 37.9. The number of nitrogens with zero attached hydrogens (tertiary/aromatic N) is 1. The highest BCUT2D eigenvalue weighted by molar-refractivity contribution is 5.80. The summed E-state index contributed by atoms with van der Waals surface area (Å²) >= 11 is 0. The number of piperidine rings is 1. The van der Waals surface area contributed by atoms with Gasteiger partial charge in [-0.05, 0) is 63.7 Å². The average molecular weight is 379 g/mol. The highest BCUT2D eigenvalue weighted by Crippen LogP contribution is 2.30. The van der Waals surface area contributed by atoms with Crippen LogP contribution < -0.4 is 5.32 Å². The summed E-state index contributed by atoms with van der Waals surface area (Å²) < 4.78 is 0. The van der Waals surface area contributed by atoms with Gasteiger partial charge in [-0.1, -0.05) is 12.8 Å². The van der Waals surface area contributed by atoms with E-state index in [9.17, 15) is 14.4 Å². The van der Waals surface area contributed by atoms with Gasteiger partial charge in [0.2, 0.25) is 11.8 Å². The normalized spacial score (nSPS) is 29.5. The molecule has 1 saturated heterocycles. The van der Waals surface area contributed by atoms with Crippen molar-refractivity contribution >= 4 is 17.8 Å². The number of nitrogens with one attached hydrogen (secondary N) is 1. The molecular formula is C21H34N2O4. The van der Waals surface area contributed by atoms with Gasteiger partial charge in [-0.15, -0.1) is 0 Å². The van der Waals surface area contributed by atoms with Crippen LogP contribution in [0.15, 0.2) is 0 Å². The van der Waals surface area contributed by atoms with Crippen molar-refractivity contribution in [2.75, 3.05) is 13.1 Å². The summed E-state index contributed by atoms with van der Waals surface area (Å²) in [7, 11) is 0. The number of carboxylic acids is 1. The molecule has 0 spiro atoms. The Morgan fingerprint density at radius 1 is 0.889 bits per heavy atom. The Kier molecular flexibility index (Phi) is 7.13. The summed E-state index contributed by atoms with van der Waals surface area (Å²) in [6.45, 7) is 1.52. The number of carboxylic acid groups (broad SMARTS) is 1. The minimum absolute atomic E-state index is 0.0721. The van der Waals surface area contributed by atoms with Gasteiger partial charge in [0.25, 0.3) is 0 Å². The molecule has 2 saturated carbocycles. The minimum atomic E-state index is -0.753. The Hall–Kier alpha value is -1.59. The van der Waals surface area contributed by atoms with Crippen molar-refractivity contribution in [3.63, 3.8) is 0 Å². The van der Waals surface area contributed by atoms with E-state index in [-0.39, 0.29) is 36.1 Å². The van der Waals surface area contributed by atoms with E-state index in [0.717, 1.165) is 57.9 Å². The minimum Gasteiger partial charge on any atom is -0.481 e. The molecule has 6 nitrogen and oxygen atoms in total. The number of hydrogen-bond acceptors (Lipinski definition) is 3. The summed E-state index contributed by atoms with van der Waals surface area (Å²) in [5.41, 5.74) is 0. The maximum absolute atomic E-state index is 12.9. The molecule has 1 atom stereocenters.